The Balaban J connectivity index is 1.97. The minimum atomic E-state index is -0.497. The Labute approximate surface area is 139 Å². The molecule has 1 aromatic rings. The number of amides is 1. The summed E-state index contributed by atoms with van der Waals surface area (Å²) in [6.45, 7) is 7.92. The van der Waals surface area contributed by atoms with Gasteiger partial charge in [-0.1, -0.05) is 30.3 Å². The van der Waals surface area contributed by atoms with Crippen LogP contribution >= 0.6 is 0 Å². The Morgan fingerprint density at radius 3 is 2.70 bits per heavy atom. The zero-order valence-electron chi connectivity index (χ0n) is 14.4. The van der Waals surface area contributed by atoms with E-state index in [9.17, 15) is 4.79 Å². The molecule has 5 nitrogen and oxygen atoms in total. The summed E-state index contributed by atoms with van der Waals surface area (Å²) in [5.41, 5.74) is 6.71. The molecule has 1 aliphatic heterocycles. The van der Waals surface area contributed by atoms with Crippen LogP contribution in [0.2, 0.25) is 0 Å². The van der Waals surface area contributed by atoms with Gasteiger partial charge in [0.05, 0.1) is 6.04 Å². The molecule has 0 aromatic heterocycles. The molecule has 23 heavy (non-hydrogen) atoms. The van der Waals surface area contributed by atoms with E-state index in [1.165, 1.54) is 5.56 Å². The fourth-order valence-electron chi connectivity index (χ4n) is 3.09. The van der Waals surface area contributed by atoms with Crippen molar-refractivity contribution in [2.24, 2.45) is 5.73 Å². The third-order valence-electron chi connectivity index (χ3n) is 4.06. The Kier molecular flexibility index (Phi) is 6.02. The molecule has 2 rings (SSSR count). The number of rotatable bonds is 5. The van der Waals surface area contributed by atoms with Gasteiger partial charge in [0.15, 0.2) is 0 Å². The maximum absolute atomic E-state index is 12.0. The summed E-state index contributed by atoms with van der Waals surface area (Å²) >= 11 is 0. The van der Waals surface area contributed by atoms with Crippen LogP contribution in [0.4, 0.5) is 4.79 Å². The fraction of sp³-hybridized carbons (Fsp3) is 0.611. The molecule has 128 valence electrons. The van der Waals surface area contributed by atoms with Gasteiger partial charge in [0, 0.05) is 19.1 Å². The average Bonchev–Trinajstić information content (AvgIpc) is 2.92. The third-order valence-corrected chi connectivity index (χ3v) is 4.06. The van der Waals surface area contributed by atoms with Gasteiger partial charge in [-0.3, -0.25) is 4.90 Å². The number of nitrogens with two attached hydrogens (primary N) is 1. The van der Waals surface area contributed by atoms with Crippen molar-refractivity contribution in [3.63, 3.8) is 0 Å². The van der Waals surface area contributed by atoms with Crippen LogP contribution in [0.1, 0.15) is 39.2 Å². The monoisotopic (exact) mass is 319 g/mol. The molecule has 0 radical (unpaired) electrons. The number of hydrogen-bond donors (Lipinski definition) is 2. The summed E-state index contributed by atoms with van der Waals surface area (Å²) < 4.78 is 5.36. The van der Waals surface area contributed by atoms with Crippen molar-refractivity contribution in [2.75, 3.05) is 13.1 Å². The van der Waals surface area contributed by atoms with Gasteiger partial charge in [-0.15, -0.1) is 0 Å². The standard InChI is InChI=1S/C18H29N3O2/c1-18(2,3)23-17(22)20-15(12-19)16-10-7-11-21(16)13-14-8-5-4-6-9-14/h4-6,8-9,15-16H,7,10-13,19H2,1-3H3,(H,20,22). The molecule has 1 fully saturated rings. The summed E-state index contributed by atoms with van der Waals surface area (Å²) in [5.74, 6) is 0. The highest BCUT2D eigenvalue weighted by Crippen LogP contribution is 2.22. The summed E-state index contributed by atoms with van der Waals surface area (Å²) in [7, 11) is 0. The van der Waals surface area contributed by atoms with Crippen LogP contribution in [-0.2, 0) is 11.3 Å². The van der Waals surface area contributed by atoms with Crippen LogP contribution in [0.15, 0.2) is 30.3 Å². The van der Waals surface area contributed by atoms with E-state index in [4.69, 9.17) is 10.5 Å². The number of nitrogens with one attached hydrogen (secondary N) is 1. The Bertz CT molecular complexity index is 499. The molecule has 0 bridgehead atoms. The first-order valence-corrected chi connectivity index (χ1v) is 8.36. The zero-order valence-corrected chi connectivity index (χ0v) is 14.4. The van der Waals surface area contributed by atoms with Crippen molar-refractivity contribution in [1.82, 2.24) is 10.2 Å². The van der Waals surface area contributed by atoms with Crippen molar-refractivity contribution in [3.05, 3.63) is 35.9 Å². The first-order chi connectivity index (χ1) is 10.9. The van der Waals surface area contributed by atoms with Gasteiger partial charge in [-0.2, -0.15) is 0 Å². The van der Waals surface area contributed by atoms with Crippen molar-refractivity contribution in [2.45, 2.75) is 57.8 Å². The SMILES string of the molecule is CC(C)(C)OC(=O)NC(CN)C1CCCN1Cc1ccccc1. The van der Waals surface area contributed by atoms with Crippen LogP contribution in [0.5, 0.6) is 0 Å². The smallest absolute Gasteiger partial charge is 0.407 e. The van der Waals surface area contributed by atoms with E-state index in [1.807, 2.05) is 26.8 Å². The van der Waals surface area contributed by atoms with Gasteiger partial charge in [0.1, 0.15) is 5.60 Å². The van der Waals surface area contributed by atoms with Gasteiger partial charge >= 0.3 is 6.09 Å². The predicted octanol–water partition coefficient (Wildman–Crippen LogP) is 2.50. The first kappa shape index (κ1) is 17.8. The van der Waals surface area contributed by atoms with Gasteiger partial charge in [-0.05, 0) is 45.7 Å². The van der Waals surface area contributed by atoms with Crippen molar-refractivity contribution >= 4 is 6.09 Å². The molecule has 0 saturated carbocycles. The second-order valence-electron chi connectivity index (χ2n) is 7.15. The molecule has 1 heterocycles. The minimum absolute atomic E-state index is 0.0870. The lowest BCUT2D eigenvalue weighted by Gasteiger charge is -2.32. The molecule has 3 N–H and O–H groups in total. The number of nitrogens with zero attached hydrogens (tertiary/aromatic N) is 1. The summed E-state index contributed by atoms with van der Waals surface area (Å²) in [5, 5.41) is 2.95. The molecule has 0 aliphatic carbocycles. The molecule has 1 saturated heterocycles. The van der Waals surface area contributed by atoms with Crippen LogP contribution < -0.4 is 11.1 Å². The van der Waals surface area contributed by atoms with Gasteiger partial charge in [0.25, 0.3) is 0 Å². The lowest BCUT2D eigenvalue weighted by molar-refractivity contribution is 0.0474. The van der Waals surface area contributed by atoms with Crippen molar-refractivity contribution < 1.29 is 9.53 Å². The van der Waals surface area contributed by atoms with E-state index in [0.29, 0.717) is 6.54 Å². The van der Waals surface area contributed by atoms with E-state index in [0.717, 1.165) is 25.9 Å². The summed E-state index contributed by atoms with van der Waals surface area (Å²) in [6.07, 6.45) is 1.79. The number of carbonyl (C=O) groups excluding carboxylic acids is 1. The van der Waals surface area contributed by atoms with E-state index in [2.05, 4.69) is 34.5 Å². The topological polar surface area (TPSA) is 67.6 Å². The van der Waals surface area contributed by atoms with Crippen LogP contribution in [0.3, 0.4) is 0 Å². The Hall–Kier alpha value is -1.59. The maximum atomic E-state index is 12.0. The maximum Gasteiger partial charge on any atom is 0.407 e. The molecular weight excluding hydrogens is 290 g/mol. The summed E-state index contributed by atoms with van der Waals surface area (Å²) in [4.78, 5) is 14.4. The normalized spacial score (nSPS) is 20.3. The lowest BCUT2D eigenvalue weighted by atomic mass is 10.1. The Morgan fingerprint density at radius 2 is 2.09 bits per heavy atom. The highest BCUT2D eigenvalue weighted by Gasteiger charge is 2.32. The lowest BCUT2D eigenvalue weighted by Crippen LogP contribution is -2.53. The molecule has 5 heteroatoms. The zero-order chi connectivity index (χ0) is 16.9. The molecule has 2 atom stereocenters. The predicted molar refractivity (Wildman–Crippen MR) is 92.1 cm³/mol. The van der Waals surface area contributed by atoms with Crippen LogP contribution in [-0.4, -0.2) is 41.8 Å². The van der Waals surface area contributed by atoms with E-state index >= 15 is 0 Å². The van der Waals surface area contributed by atoms with Gasteiger partial charge in [0.2, 0.25) is 0 Å². The van der Waals surface area contributed by atoms with E-state index < -0.39 is 5.60 Å². The number of likely N-dealkylation sites (tertiary alicyclic amines) is 1. The Morgan fingerprint density at radius 1 is 1.39 bits per heavy atom. The van der Waals surface area contributed by atoms with Gasteiger partial charge in [-0.25, -0.2) is 4.79 Å². The molecule has 1 amide bonds. The fourth-order valence-corrected chi connectivity index (χ4v) is 3.09. The second-order valence-corrected chi connectivity index (χ2v) is 7.15. The van der Waals surface area contributed by atoms with Gasteiger partial charge < -0.3 is 15.8 Å². The highest BCUT2D eigenvalue weighted by molar-refractivity contribution is 5.68. The highest BCUT2D eigenvalue weighted by atomic mass is 16.6. The number of hydrogen-bond acceptors (Lipinski definition) is 4. The average molecular weight is 319 g/mol. The molecule has 1 aromatic carbocycles. The quantitative estimate of drug-likeness (QED) is 0.875. The number of ether oxygens (including phenoxy) is 1. The molecular formula is C18H29N3O2. The second kappa shape index (κ2) is 7.79. The molecule has 0 spiro atoms. The number of benzene rings is 1. The van der Waals surface area contributed by atoms with Crippen molar-refractivity contribution in [1.29, 1.82) is 0 Å². The van der Waals surface area contributed by atoms with E-state index in [1.54, 1.807) is 0 Å². The third kappa shape index (κ3) is 5.52. The first-order valence-electron chi connectivity index (χ1n) is 8.36. The number of alkyl carbamates (subject to hydrolysis) is 1. The van der Waals surface area contributed by atoms with E-state index in [-0.39, 0.29) is 18.2 Å². The summed E-state index contributed by atoms with van der Waals surface area (Å²) in [6, 6.07) is 10.6. The molecule has 2 unspecified atom stereocenters. The minimum Gasteiger partial charge on any atom is -0.444 e. The number of carbonyl (C=O) groups is 1. The molecule has 1 aliphatic rings. The van der Waals surface area contributed by atoms with Crippen LogP contribution in [0.25, 0.3) is 0 Å². The largest absolute Gasteiger partial charge is 0.444 e. The van der Waals surface area contributed by atoms with Crippen molar-refractivity contribution in [3.8, 4) is 0 Å². The van der Waals surface area contributed by atoms with Crippen LogP contribution in [0, 0.1) is 0 Å².